The molecular formula is C16H25NO2. The Hall–Kier alpha value is -1.06. The van der Waals surface area contributed by atoms with Crippen molar-refractivity contribution in [3.05, 3.63) is 29.8 Å². The first kappa shape index (κ1) is 14.4. The van der Waals surface area contributed by atoms with E-state index in [1.54, 1.807) is 0 Å². The number of hydrogen-bond donors (Lipinski definition) is 1. The average Bonchev–Trinajstić information content (AvgIpc) is 2.78. The van der Waals surface area contributed by atoms with Crippen molar-refractivity contribution in [2.45, 2.75) is 45.4 Å². The summed E-state index contributed by atoms with van der Waals surface area (Å²) in [7, 11) is 2.02. The van der Waals surface area contributed by atoms with Gasteiger partial charge in [0.2, 0.25) is 0 Å². The van der Waals surface area contributed by atoms with Crippen LogP contribution in [0.3, 0.4) is 0 Å². The van der Waals surface area contributed by atoms with E-state index in [0.29, 0.717) is 12.0 Å². The summed E-state index contributed by atoms with van der Waals surface area (Å²) < 4.78 is 11.7. The Bertz CT molecular complexity index is 405. The van der Waals surface area contributed by atoms with Crippen LogP contribution in [0, 0.1) is 5.92 Å². The molecule has 1 aromatic rings. The van der Waals surface area contributed by atoms with E-state index >= 15 is 0 Å². The van der Waals surface area contributed by atoms with Crippen molar-refractivity contribution in [2.24, 2.45) is 5.92 Å². The van der Waals surface area contributed by atoms with E-state index in [1.807, 2.05) is 13.1 Å². The number of para-hydroxylation sites is 1. The monoisotopic (exact) mass is 263 g/mol. The zero-order valence-corrected chi connectivity index (χ0v) is 12.3. The number of benzene rings is 1. The van der Waals surface area contributed by atoms with Gasteiger partial charge in [-0.25, -0.2) is 0 Å². The molecule has 3 unspecified atom stereocenters. The minimum absolute atomic E-state index is 0.191. The van der Waals surface area contributed by atoms with Gasteiger partial charge in [0, 0.05) is 24.1 Å². The van der Waals surface area contributed by atoms with E-state index in [4.69, 9.17) is 9.47 Å². The summed E-state index contributed by atoms with van der Waals surface area (Å²) in [5, 5.41) is 3.44. The highest BCUT2D eigenvalue weighted by atomic mass is 16.5. The lowest BCUT2D eigenvalue weighted by Crippen LogP contribution is -2.30. The lowest BCUT2D eigenvalue weighted by atomic mass is 9.88. The van der Waals surface area contributed by atoms with E-state index in [9.17, 15) is 0 Å². The van der Waals surface area contributed by atoms with E-state index < -0.39 is 0 Å². The molecule has 0 saturated carbocycles. The van der Waals surface area contributed by atoms with Crippen molar-refractivity contribution in [3.63, 3.8) is 0 Å². The molecule has 3 heteroatoms. The van der Waals surface area contributed by atoms with Gasteiger partial charge in [-0.3, -0.25) is 0 Å². The molecule has 3 atom stereocenters. The summed E-state index contributed by atoms with van der Waals surface area (Å²) in [6.45, 7) is 7.14. The third-order valence-corrected chi connectivity index (χ3v) is 3.79. The van der Waals surface area contributed by atoms with Crippen LogP contribution in [0.25, 0.3) is 0 Å². The van der Waals surface area contributed by atoms with Crippen LogP contribution in [0.4, 0.5) is 0 Å². The van der Waals surface area contributed by atoms with Gasteiger partial charge in [0.15, 0.2) is 0 Å². The largest absolute Gasteiger partial charge is 0.491 e. The van der Waals surface area contributed by atoms with Crippen LogP contribution in [0.2, 0.25) is 0 Å². The van der Waals surface area contributed by atoms with Crippen LogP contribution in [-0.2, 0) is 4.74 Å². The van der Waals surface area contributed by atoms with E-state index in [0.717, 1.165) is 18.8 Å². The van der Waals surface area contributed by atoms with Gasteiger partial charge in [-0.05, 0) is 40.3 Å². The lowest BCUT2D eigenvalue weighted by molar-refractivity contribution is 0.0957. The third kappa shape index (κ3) is 3.28. The predicted molar refractivity (Wildman–Crippen MR) is 77.5 cm³/mol. The second kappa shape index (κ2) is 6.40. The minimum atomic E-state index is 0.191. The van der Waals surface area contributed by atoms with Crippen molar-refractivity contribution < 1.29 is 9.47 Å². The number of nitrogens with one attached hydrogen (secondary N) is 1. The maximum atomic E-state index is 5.94. The summed E-state index contributed by atoms with van der Waals surface area (Å²) in [6.07, 6.45) is 1.59. The molecule has 1 saturated heterocycles. The third-order valence-electron chi connectivity index (χ3n) is 3.79. The SMILES string of the molecule is CNC(c1ccccc1OC(C)C)C1CCOC1C. The Morgan fingerprint density at radius 1 is 1.32 bits per heavy atom. The number of rotatable bonds is 5. The first-order valence-corrected chi connectivity index (χ1v) is 7.18. The molecule has 0 amide bonds. The Balaban J connectivity index is 2.27. The zero-order chi connectivity index (χ0) is 13.8. The summed E-state index contributed by atoms with van der Waals surface area (Å²) >= 11 is 0. The highest BCUT2D eigenvalue weighted by Crippen LogP contribution is 2.37. The molecule has 0 bridgehead atoms. The van der Waals surface area contributed by atoms with E-state index in [-0.39, 0.29) is 12.1 Å². The summed E-state index contributed by atoms with van der Waals surface area (Å²) in [5.74, 6) is 1.48. The molecule has 0 aromatic heterocycles. The molecule has 1 aliphatic heterocycles. The molecule has 0 spiro atoms. The van der Waals surface area contributed by atoms with Gasteiger partial charge in [-0.2, -0.15) is 0 Å². The number of hydrogen-bond acceptors (Lipinski definition) is 3. The van der Waals surface area contributed by atoms with Gasteiger partial charge in [-0.1, -0.05) is 18.2 Å². The topological polar surface area (TPSA) is 30.5 Å². The highest BCUT2D eigenvalue weighted by molar-refractivity contribution is 5.36. The first-order chi connectivity index (χ1) is 9.13. The number of ether oxygens (including phenoxy) is 2. The predicted octanol–water partition coefficient (Wildman–Crippen LogP) is 3.16. The van der Waals surface area contributed by atoms with Crippen LogP contribution in [0.5, 0.6) is 5.75 Å². The Labute approximate surface area is 116 Å². The minimum Gasteiger partial charge on any atom is -0.491 e. The molecule has 1 aliphatic rings. The van der Waals surface area contributed by atoms with Crippen molar-refractivity contribution in [3.8, 4) is 5.75 Å². The molecule has 0 radical (unpaired) electrons. The fourth-order valence-electron chi connectivity index (χ4n) is 2.88. The summed E-state index contributed by atoms with van der Waals surface area (Å²) in [6, 6.07) is 8.60. The fraction of sp³-hybridized carbons (Fsp3) is 0.625. The molecule has 3 nitrogen and oxygen atoms in total. The molecule has 2 rings (SSSR count). The molecule has 106 valence electrons. The second-order valence-electron chi connectivity index (χ2n) is 5.50. The average molecular weight is 263 g/mol. The van der Waals surface area contributed by atoms with Gasteiger partial charge >= 0.3 is 0 Å². The summed E-state index contributed by atoms with van der Waals surface area (Å²) in [4.78, 5) is 0. The molecule has 1 aromatic carbocycles. The maximum absolute atomic E-state index is 5.94. The standard InChI is InChI=1S/C16H25NO2/c1-11(2)19-15-8-6-5-7-14(15)16(17-4)13-9-10-18-12(13)3/h5-8,11-13,16-17H,9-10H2,1-4H3. The van der Waals surface area contributed by atoms with Gasteiger partial charge in [0.1, 0.15) is 5.75 Å². The molecule has 1 fully saturated rings. The fourth-order valence-corrected chi connectivity index (χ4v) is 2.88. The van der Waals surface area contributed by atoms with E-state index in [1.165, 1.54) is 5.56 Å². The smallest absolute Gasteiger partial charge is 0.124 e. The molecule has 0 aliphatic carbocycles. The van der Waals surface area contributed by atoms with Crippen molar-refractivity contribution in [2.75, 3.05) is 13.7 Å². The Morgan fingerprint density at radius 3 is 2.63 bits per heavy atom. The molecule has 1 N–H and O–H groups in total. The van der Waals surface area contributed by atoms with Crippen LogP contribution >= 0.6 is 0 Å². The van der Waals surface area contributed by atoms with Gasteiger partial charge in [-0.15, -0.1) is 0 Å². The van der Waals surface area contributed by atoms with Crippen LogP contribution in [0.15, 0.2) is 24.3 Å². The second-order valence-corrected chi connectivity index (χ2v) is 5.50. The van der Waals surface area contributed by atoms with Gasteiger partial charge < -0.3 is 14.8 Å². The first-order valence-electron chi connectivity index (χ1n) is 7.18. The van der Waals surface area contributed by atoms with Crippen LogP contribution < -0.4 is 10.1 Å². The van der Waals surface area contributed by atoms with Gasteiger partial charge in [0.05, 0.1) is 12.2 Å². The lowest BCUT2D eigenvalue weighted by Gasteiger charge is -2.28. The van der Waals surface area contributed by atoms with Crippen molar-refractivity contribution >= 4 is 0 Å². The normalized spacial score (nSPS) is 24.7. The van der Waals surface area contributed by atoms with Gasteiger partial charge in [0.25, 0.3) is 0 Å². The van der Waals surface area contributed by atoms with E-state index in [2.05, 4.69) is 44.3 Å². The van der Waals surface area contributed by atoms with Crippen molar-refractivity contribution in [1.29, 1.82) is 0 Å². The molecule has 1 heterocycles. The summed E-state index contributed by atoms with van der Waals surface area (Å²) in [5.41, 5.74) is 1.24. The Morgan fingerprint density at radius 2 is 2.05 bits per heavy atom. The Kier molecular flexibility index (Phi) is 4.83. The van der Waals surface area contributed by atoms with Crippen LogP contribution in [0.1, 0.15) is 38.8 Å². The zero-order valence-electron chi connectivity index (χ0n) is 12.3. The van der Waals surface area contributed by atoms with Crippen molar-refractivity contribution in [1.82, 2.24) is 5.32 Å². The highest BCUT2D eigenvalue weighted by Gasteiger charge is 2.33. The quantitative estimate of drug-likeness (QED) is 0.885. The van der Waals surface area contributed by atoms with Crippen LogP contribution in [-0.4, -0.2) is 25.9 Å². The maximum Gasteiger partial charge on any atom is 0.124 e. The molecule has 19 heavy (non-hydrogen) atoms. The molecular weight excluding hydrogens is 238 g/mol.